The second-order valence-corrected chi connectivity index (χ2v) is 7.54. The molecule has 0 saturated heterocycles. The number of benzene rings is 2. The minimum absolute atomic E-state index is 0.135. The Bertz CT molecular complexity index is 1140. The molecule has 0 aromatic heterocycles. The maximum Gasteiger partial charge on any atom is 0.337 e. The largest absolute Gasteiger partial charge is 0.463 e. The van der Waals surface area contributed by atoms with E-state index in [1.54, 1.807) is 13.8 Å². The summed E-state index contributed by atoms with van der Waals surface area (Å²) in [6, 6.07) is 18.4. The quantitative estimate of drug-likeness (QED) is 0.430. The number of hydrogen-bond acceptors (Lipinski definition) is 7. The van der Waals surface area contributed by atoms with Crippen LogP contribution in [0.5, 0.6) is 0 Å². The van der Waals surface area contributed by atoms with Crippen molar-refractivity contribution in [2.24, 2.45) is 5.92 Å². The topological polar surface area (TPSA) is 105 Å². The molecule has 2 atom stereocenters. The average molecular weight is 462 g/mol. The molecule has 2 aromatic rings. The summed E-state index contributed by atoms with van der Waals surface area (Å²) in [4.78, 5) is 26.2. The van der Waals surface area contributed by atoms with Gasteiger partial charge in [-0.15, -0.1) is 0 Å². The summed E-state index contributed by atoms with van der Waals surface area (Å²) in [5.41, 5.74) is 2.73. The fourth-order valence-electron chi connectivity index (χ4n) is 3.48. The molecule has 0 unspecified atom stereocenters. The first-order chi connectivity index (χ1) is 16.5. The monoisotopic (exact) mass is 461 g/mol. The van der Waals surface area contributed by atoms with Gasteiger partial charge in [-0.3, -0.25) is 0 Å². The van der Waals surface area contributed by atoms with Crippen molar-refractivity contribution in [1.29, 1.82) is 0 Å². The number of carbonyl (C=O) groups is 2. The normalized spacial score (nSPS) is 16.2. The molecule has 1 aliphatic heterocycles. The lowest BCUT2D eigenvalue weighted by molar-refractivity contribution is -0.143. The zero-order chi connectivity index (χ0) is 24.5. The lowest BCUT2D eigenvalue weighted by Gasteiger charge is -2.29. The molecular formula is C27H27NO6. The number of rotatable bonds is 7. The van der Waals surface area contributed by atoms with E-state index < -0.39 is 37.2 Å². The van der Waals surface area contributed by atoms with Crippen molar-refractivity contribution in [3.05, 3.63) is 88.6 Å². The molecule has 0 bridgehead atoms. The Morgan fingerprint density at radius 3 is 2.24 bits per heavy atom. The third-order valence-corrected chi connectivity index (χ3v) is 5.09. The minimum Gasteiger partial charge on any atom is -0.463 e. The molecule has 2 aromatic carbocycles. The third kappa shape index (κ3) is 5.93. The van der Waals surface area contributed by atoms with E-state index in [0.29, 0.717) is 17.0 Å². The summed E-state index contributed by atoms with van der Waals surface area (Å²) in [5, 5.41) is 21.8. The second kappa shape index (κ2) is 11.8. The summed E-state index contributed by atoms with van der Waals surface area (Å²) in [5.74, 6) is 3.81. The number of ether oxygens (including phenoxy) is 2. The van der Waals surface area contributed by atoms with Crippen molar-refractivity contribution in [3.8, 4) is 11.8 Å². The third-order valence-electron chi connectivity index (χ3n) is 5.09. The number of aliphatic hydroxyl groups excluding tert-OH is 2. The van der Waals surface area contributed by atoms with Gasteiger partial charge < -0.3 is 25.0 Å². The predicted molar refractivity (Wildman–Crippen MR) is 127 cm³/mol. The number of esters is 2. The van der Waals surface area contributed by atoms with Gasteiger partial charge in [-0.25, -0.2) is 9.59 Å². The van der Waals surface area contributed by atoms with Crippen molar-refractivity contribution in [1.82, 2.24) is 5.32 Å². The summed E-state index contributed by atoms with van der Waals surface area (Å²) in [7, 11) is 0. The molecule has 0 spiro atoms. The lowest BCUT2D eigenvalue weighted by atomic mass is 9.84. The van der Waals surface area contributed by atoms with Crippen LogP contribution in [0.2, 0.25) is 0 Å². The number of nitrogens with one attached hydrogen (secondary N) is 1. The van der Waals surface area contributed by atoms with Crippen molar-refractivity contribution in [2.45, 2.75) is 20.0 Å². The van der Waals surface area contributed by atoms with E-state index in [4.69, 9.17) is 14.6 Å². The predicted octanol–water partition coefficient (Wildman–Crippen LogP) is 2.40. The van der Waals surface area contributed by atoms with E-state index in [1.165, 1.54) is 0 Å². The van der Waals surface area contributed by atoms with E-state index in [9.17, 15) is 14.7 Å². The van der Waals surface area contributed by atoms with Crippen LogP contribution in [0.1, 0.15) is 25.0 Å². The Morgan fingerprint density at radius 2 is 1.62 bits per heavy atom. The molecule has 1 aliphatic rings. The molecule has 0 aliphatic carbocycles. The molecule has 7 heteroatoms. The lowest BCUT2D eigenvalue weighted by Crippen LogP contribution is -2.34. The molecule has 176 valence electrons. The molecule has 7 nitrogen and oxygen atoms in total. The zero-order valence-electron chi connectivity index (χ0n) is 19.1. The highest BCUT2D eigenvalue weighted by atomic mass is 16.5. The van der Waals surface area contributed by atoms with Gasteiger partial charge >= 0.3 is 11.9 Å². The fraction of sp³-hybridized carbons (Fsp3) is 0.259. The van der Waals surface area contributed by atoms with Crippen LogP contribution < -0.4 is 5.32 Å². The Hall–Kier alpha value is -3.86. The summed E-state index contributed by atoms with van der Waals surface area (Å²) in [6.45, 7) is 2.60. The molecule has 0 radical (unpaired) electrons. The summed E-state index contributed by atoms with van der Waals surface area (Å²) >= 11 is 0. The summed E-state index contributed by atoms with van der Waals surface area (Å²) in [6.07, 6.45) is -1.21. The molecule has 34 heavy (non-hydrogen) atoms. The van der Waals surface area contributed by atoms with Gasteiger partial charge in [0.15, 0.2) is 0 Å². The number of carbonyl (C=O) groups excluding carboxylic acids is 2. The van der Waals surface area contributed by atoms with E-state index in [2.05, 4.69) is 17.2 Å². The van der Waals surface area contributed by atoms with Crippen molar-refractivity contribution in [3.63, 3.8) is 0 Å². The van der Waals surface area contributed by atoms with Crippen LogP contribution in [0.25, 0.3) is 5.70 Å². The van der Waals surface area contributed by atoms with E-state index in [1.807, 2.05) is 60.7 Å². The van der Waals surface area contributed by atoms with E-state index in [0.717, 1.165) is 5.56 Å². The smallest absolute Gasteiger partial charge is 0.337 e. The first-order valence-corrected chi connectivity index (χ1v) is 10.9. The highest BCUT2D eigenvalue weighted by Crippen LogP contribution is 2.35. The average Bonchev–Trinajstić information content (AvgIpc) is 2.86. The van der Waals surface area contributed by atoms with Crippen LogP contribution in [0.15, 0.2) is 77.5 Å². The Morgan fingerprint density at radius 1 is 1.00 bits per heavy atom. The molecule has 3 N–H and O–H groups in total. The van der Waals surface area contributed by atoms with Gasteiger partial charge in [0.25, 0.3) is 0 Å². The van der Waals surface area contributed by atoms with Crippen molar-refractivity contribution >= 4 is 17.6 Å². The maximum atomic E-state index is 13.2. The minimum atomic E-state index is -1.21. The van der Waals surface area contributed by atoms with Crippen LogP contribution in [-0.4, -0.2) is 48.1 Å². The van der Waals surface area contributed by atoms with Gasteiger partial charge in [-0.1, -0.05) is 60.4 Å². The van der Waals surface area contributed by atoms with Crippen LogP contribution in [0.4, 0.5) is 0 Å². The van der Waals surface area contributed by atoms with Gasteiger partial charge in [0.2, 0.25) is 0 Å². The number of allylic oxidation sites excluding steroid dienone is 1. The highest BCUT2D eigenvalue weighted by molar-refractivity contribution is 6.04. The fourth-order valence-corrected chi connectivity index (χ4v) is 3.48. The second-order valence-electron chi connectivity index (χ2n) is 7.54. The molecular weight excluding hydrogens is 434 g/mol. The molecule has 0 fully saturated rings. The van der Waals surface area contributed by atoms with E-state index >= 15 is 0 Å². The first-order valence-electron chi connectivity index (χ1n) is 10.9. The standard InChI is InChI=1S/C27H27NO6/c1-3-33-27(32)24-22(15-14-19-10-6-4-7-11-19)23(26(31)34-17-21(30)16-29)18(2)28-25(24)20-12-8-5-9-13-20/h4-13,21-22,28-30H,3,16-17H2,1-2H3/t21-,22-/m1/s1. The van der Waals surface area contributed by atoms with Gasteiger partial charge in [0.1, 0.15) is 12.7 Å². The molecule has 1 heterocycles. The molecule has 3 rings (SSSR count). The highest BCUT2D eigenvalue weighted by Gasteiger charge is 2.37. The molecule has 0 saturated carbocycles. The van der Waals surface area contributed by atoms with Gasteiger partial charge in [0, 0.05) is 11.3 Å². The maximum absolute atomic E-state index is 13.2. The number of aliphatic hydroxyl groups is 2. The van der Waals surface area contributed by atoms with Crippen LogP contribution in [0.3, 0.4) is 0 Å². The van der Waals surface area contributed by atoms with Crippen molar-refractivity contribution in [2.75, 3.05) is 19.8 Å². The van der Waals surface area contributed by atoms with Gasteiger partial charge in [-0.2, -0.15) is 0 Å². The Labute approximate surface area is 198 Å². The number of dihydropyridines is 1. The number of hydrogen-bond donors (Lipinski definition) is 3. The SMILES string of the molecule is CCOC(=O)C1=C(c2ccccc2)NC(C)=C(C(=O)OC[C@H](O)CO)[C@H]1C#Cc1ccccc1. The van der Waals surface area contributed by atoms with E-state index in [-0.39, 0.29) is 17.8 Å². The van der Waals surface area contributed by atoms with Crippen LogP contribution >= 0.6 is 0 Å². The van der Waals surface area contributed by atoms with Crippen LogP contribution in [0, 0.1) is 17.8 Å². The van der Waals surface area contributed by atoms with Gasteiger partial charge in [-0.05, 0) is 31.5 Å². The Balaban J connectivity index is 2.15. The van der Waals surface area contributed by atoms with Crippen LogP contribution in [-0.2, 0) is 19.1 Å². The van der Waals surface area contributed by atoms with Crippen molar-refractivity contribution < 1.29 is 29.3 Å². The zero-order valence-corrected chi connectivity index (χ0v) is 19.1. The van der Waals surface area contributed by atoms with Gasteiger partial charge in [0.05, 0.1) is 36.0 Å². The Kier molecular flexibility index (Phi) is 8.63. The molecule has 0 amide bonds. The summed E-state index contributed by atoms with van der Waals surface area (Å²) < 4.78 is 10.6. The first kappa shape index (κ1) is 24.8.